The van der Waals surface area contributed by atoms with E-state index in [9.17, 15) is 4.79 Å². The molecule has 21 heavy (non-hydrogen) atoms. The zero-order valence-corrected chi connectivity index (χ0v) is 13.0. The van der Waals surface area contributed by atoms with Gasteiger partial charge >= 0.3 is 0 Å². The van der Waals surface area contributed by atoms with Gasteiger partial charge in [0.25, 0.3) is 5.91 Å². The van der Waals surface area contributed by atoms with Crippen molar-refractivity contribution >= 4 is 23.2 Å². The number of thiocarbonyl (C=S) groups is 1. The molecule has 2 aromatic rings. The second kappa shape index (κ2) is 6.99. The lowest BCUT2D eigenvalue weighted by Gasteiger charge is -2.11. The van der Waals surface area contributed by atoms with Gasteiger partial charge in [-0.3, -0.25) is 10.1 Å². The topological polar surface area (TPSA) is 41.1 Å². The molecule has 0 saturated carbocycles. The molecular formula is C17H18N2OS. The lowest BCUT2D eigenvalue weighted by Crippen LogP contribution is -2.39. The monoisotopic (exact) mass is 298 g/mol. The maximum atomic E-state index is 12.2. The van der Waals surface area contributed by atoms with Crippen molar-refractivity contribution < 1.29 is 4.79 Å². The van der Waals surface area contributed by atoms with Gasteiger partial charge in [-0.25, -0.2) is 0 Å². The zero-order valence-electron chi connectivity index (χ0n) is 12.1. The Morgan fingerprint density at radius 1 is 1.10 bits per heavy atom. The van der Waals surface area contributed by atoms with Crippen molar-refractivity contribution in [2.75, 3.05) is 0 Å². The van der Waals surface area contributed by atoms with Crippen LogP contribution in [0.25, 0.3) is 0 Å². The van der Waals surface area contributed by atoms with Gasteiger partial charge in [0, 0.05) is 12.1 Å². The third kappa shape index (κ3) is 4.39. The molecule has 0 aromatic heterocycles. The molecule has 0 saturated heterocycles. The summed E-state index contributed by atoms with van der Waals surface area (Å²) in [7, 11) is 0. The fraction of sp³-hybridized carbons (Fsp3) is 0.176. The number of hydrogen-bond acceptors (Lipinski definition) is 2. The Labute approximate surface area is 130 Å². The number of carbonyl (C=O) groups excluding carboxylic acids is 1. The highest BCUT2D eigenvalue weighted by Crippen LogP contribution is 2.10. The summed E-state index contributed by atoms with van der Waals surface area (Å²) in [6.45, 7) is 4.51. The van der Waals surface area contributed by atoms with E-state index in [0.717, 1.165) is 16.7 Å². The number of amides is 1. The highest BCUT2D eigenvalue weighted by molar-refractivity contribution is 7.80. The quantitative estimate of drug-likeness (QED) is 0.856. The Bertz CT molecular complexity index is 653. The van der Waals surface area contributed by atoms with Gasteiger partial charge in [0.1, 0.15) is 0 Å². The standard InChI is InChI=1S/C17H18N2OS/c1-12-8-9-15(13(2)10-12)16(20)19-17(21)18-11-14-6-4-3-5-7-14/h3-10H,11H2,1-2H3,(H2,18,19,20,21). The van der Waals surface area contributed by atoms with Crippen molar-refractivity contribution in [2.45, 2.75) is 20.4 Å². The van der Waals surface area contributed by atoms with Gasteiger partial charge in [0.15, 0.2) is 5.11 Å². The molecule has 0 atom stereocenters. The van der Waals surface area contributed by atoms with Gasteiger partial charge in [0.2, 0.25) is 0 Å². The number of hydrogen-bond donors (Lipinski definition) is 2. The minimum atomic E-state index is -0.182. The molecule has 108 valence electrons. The van der Waals surface area contributed by atoms with E-state index >= 15 is 0 Å². The number of rotatable bonds is 3. The van der Waals surface area contributed by atoms with E-state index in [1.54, 1.807) is 0 Å². The molecular weight excluding hydrogens is 280 g/mol. The molecule has 0 spiro atoms. The number of benzene rings is 2. The zero-order chi connectivity index (χ0) is 15.2. The minimum absolute atomic E-state index is 0.182. The Kier molecular flexibility index (Phi) is 5.06. The van der Waals surface area contributed by atoms with Crippen LogP contribution in [0.4, 0.5) is 0 Å². The van der Waals surface area contributed by atoms with Crippen LogP contribution in [0.5, 0.6) is 0 Å². The van der Waals surface area contributed by atoms with Crippen molar-refractivity contribution in [3.8, 4) is 0 Å². The number of nitrogens with one attached hydrogen (secondary N) is 2. The Morgan fingerprint density at radius 2 is 1.81 bits per heavy atom. The normalized spacial score (nSPS) is 10.0. The van der Waals surface area contributed by atoms with Crippen LogP contribution in [-0.4, -0.2) is 11.0 Å². The second-order valence-corrected chi connectivity index (χ2v) is 5.35. The molecule has 2 aromatic carbocycles. The van der Waals surface area contributed by atoms with E-state index in [4.69, 9.17) is 12.2 Å². The van der Waals surface area contributed by atoms with Gasteiger partial charge < -0.3 is 5.32 Å². The first-order valence-electron chi connectivity index (χ1n) is 6.76. The summed E-state index contributed by atoms with van der Waals surface area (Å²) in [6, 6.07) is 15.6. The highest BCUT2D eigenvalue weighted by Gasteiger charge is 2.10. The van der Waals surface area contributed by atoms with E-state index in [1.165, 1.54) is 0 Å². The molecule has 3 nitrogen and oxygen atoms in total. The first-order chi connectivity index (χ1) is 10.1. The molecule has 0 fully saturated rings. The third-order valence-corrected chi connectivity index (χ3v) is 3.40. The van der Waals surface area contributed by atoms with Crippen LogP contribution in [0, 0.1) is 13.8 Å². The van der Waals surface area contributed by atoms with Crippen molar-refractivity contribution in [1.82, 2.24) is 10.6 Å². The molecule has 0 aliphatic rings. The summed E-state index contributed by atoms with van der Waals surface area (Å²) >= 11 is 5.16. The van der Waals surface area contributed by atoms with Gasteiger partial charge in [-0.2, -0.15) is 0 Å². The third-order valence-electron chi connectivity index (χ3n) is 3.15. The van der Waals surface area contributed by atoms with E-state index in [2.05, 4.69) is 10.6 Å². The highest BCUT2D eigenvalue weighted by atomic mass is 32.1. The van der Waals surface area contributed by atoms with Crippen LogP contribution in [0.15, 0.2) is 48.5 Å². The van der Waals surface area contributed by atoms with Crippen LogP contribution in [0.1, 0.15) is 27.0 Å². The fourth-order valence-corrected chi connectivity index (χ4v) is 2.23. The van der Waals surface area contributed by atoms with Crippen LogP contribution in [0.3, 0.4) is 0 Å². The van der Waals surface area contributed by atoms with Crippen LogP contribution in [0.2, 0.25) is 0 Å². The van der Waals surface area contributed by atoms with Crippen LogP contribution >= 0.6 is 12.2 Å². The molecule has 2 N–H and O–H groups in total. The summed E-state index contributed by atoms with van der Waals surface area (Å²) < 4.78 is 0. The van der Waals surface area contributed by atoms with E-state index in [1.807, 2.05) is 62.4 Å². The van der Waals surface area contributed by atoms with Crippen molar-refractivity contribution in [3.63, 3.8) is 0 Å². The van der Waals surface area contributed by atoms with Gasteiger partial charge in [-0.15, -0.1) is 0 Å². The summed E-state index contributed by atoms with van der Waals surface area (Å²) in [6.07, 6.45) is 0. The molecule has 4 heteroatoms. The van der Waals surface area contributed by atoms with E-state index in [-0.39, 0.29) is 5.91 Å². The van der Waals surface area contributed by atoms with E-state index in [0.29, 0.717) is 17.2 Å². The predicted molar refractivity (Wildman–Crippen MR) is 89.3 cm³/mol. The summed E-state index contributed by atoms with van der Waals surface area (Å²) in [5.74, 6) is -0.182. The summed E-state index contributed by atoms with van der Waals surface area (Å²) in [5.41, 5.74) is 3.83. The van der Waals surface area contributed by atoms with E-state index < -0.39 is 0 Å². The van der Waals surface area contributed by atoms with Crippen LogP contribution in [-0.2, 0) is 6.54 Å². The molecule has 2 rings (SSSR count). The second-order valence-electron chi connectivity index (χ2n) is 4.94. The van der Waals surface area contributed by atoms with Crippen molar-refractivity contribution in [2.24, 2.45) is 0 Å². The average Bonchev–Trinajstić information content (AvgIpc) is 2.46. The minimum Gasteiger partial charge on any atom is -0.358 e. The Balaban J connectivity index is 1.91. The lowest BCUT2D eigenvalue weighted by molar-refractivity contribution is 0.0976. The maximum absolute atomic E-state index is 12.2. The van der Waals surface area contributed by atoms with Crippen molar-refractivity contribution in [3.05, 3.63) is 70.8 Å². The Morgan fingerprint density at radius 3 is 2.48 bits per heavy atom. The molecule has 0 heterocycles. The number of carbonyl (C=O) groups is 1. The molecule has 0 unspecified atom stereocenters. The summed E-state index contributed by atoms with van der Waals surface area (Å²) in [5, 5.41) is 6.07. The molecule has 0 radical (unpaired) electrons. The first-order valence-corrected chi connectivity index (χ1v) is 7.17. The summed E-state index contributed by atoms with van der Waals surface area (Å²) in [4.78, 5) is 12.2. The molecule has 1 amide bonds. The molecule has 0 aliphatic carbocycles. The molecule has 0 bridgehead atoms. The smallest absolute Gasteiger partial charge is 0.257 e. The van der Waals surface area contributed by atoms with Crippen molar-refractivity contribution in [1.29, 1.82) is 0 Å². The van der Waals surface area contributed by atoms with Gasteiger partial charge in [-0.1, -0.05) is 48.0 Å². The lowest BCUT2D eigenvalue weighted by atomic mass is 10.1. The SMILES string of the molecule is Cc1ccc(C(=O)NC(=S)NCc2ccccc2)c(C)c1. The first kappa shape index (κ1) is 15.2. The molecule has 0 aliphatic heterocycles. The largest absolute Gasteiger partial charge is 0.358 e. The number of aryl methyl sites for hydroxylation is 2. The van der Waals surface area contributed by atoms with Gasteiger partial charge in [0.05, 0.1) is 0 Å². The predicted octanol–water partition coefficient (Wildman–Crippen LogP) is 3.11. The average molecular weight is 298 g/mol. The Hall–Kier alpha value is -2.20. The maximum Gasteiger partial charge on any atom is 0.257 e. The fourth-order valence-electron chi connectivity index (χ4n) is 2.06. The van der Waals surface area contributed by atoms with Gasteiger partial charge in [-0.05, 0) is 43.3 Å². The van der Waals surface area contributed by atoms with Crippen LogP contribution < -0.4 is 10.6 Å².